The molecule has 1 heterocycles. The molecule has 6 nitrogen and oxygen atoms in total. The van der Waals surface area contributed by atoms with Gasteiger partial charge in [-0.2, -0.15) is 0 Å². The number of aromatic hydroxyl groups is 1. The summed E-state index contributed by atoms with van der Waals surface area (Å²) in [6.07, 6.45) is 0. The summed E-state index contributed by atoms with van der Waals surface area (Å²) < 4.78 is 5.52. The number of hydrogen-bond acceptors (Lipinski definition) is 6. The molecule has 0 aromatic heterocycles. The van der Waals surface area contributed by atoms with E-state index in [0.717, 1.165) is 29.1 Å². The maximum atomic E-state index is 11.3. The molecule has 3 rings (SSSR count). The second-order valence-corrected chi connectivity index (χ2v) is 7.01. The molecule has 2 aromatic rings. The number of nitrogens with two attached hydrogens (primary N) is 1. The Hall–Kier alpha value is -3.02. The van der Waals surface area contributed by atoms with Gasteiger partial charge in [0, 0.05) is 18.4 Å². The highest BCUT2D eigenvalue weighted by Gasteiger charge is 2.15. The van der Waals surface area contributed by atoms with Gasteiger partial charge >= 0.3 is 0 Å². The van der Waals surface area contributed by atoms with Crippen LogP contribution in [0.4, 0.5) is 11.4 Å². The van der Waals surface area contributed by atoms with Crippen LogP contribution in [-0.2, 0) is 9.59 Å². The van der Waals surface area contributed by atoms with Gasteiger partial charge in [0.05, 0.1) is 11.4 Å². The lowest BCUT2D eigenvalue weighted by atomic mass is 9.97. The number of ether oxygens (including phenoxy) is 1. The van der Waals surface area contributed by atoms with E-state index in [-0.39, 0.29) is 29.2 Å². The van der Waals surface area contributed by atoms with E-state index in [1.807, 2.05) is 25.1 Å². The maximum absolute atomic E-state index is 11.3. The topological polar surface area (TPSA) is 102 Å². The first-order valence-corrected chi connectivity index (χ1v) is 9.30. The number of phenolic OH excluding ortho intramolecular Hbond substituents is 1. The van der Waals surface area contributed by atoms with Crippen molar-refractivity contribution in [1.82, 2.24) is 0 Å². The van der Waals surface area contributed by atoms with Crippen LogP contribution in [0.5, 0.6) is 11.5 Å². The number of rotatable bonds is 4. The van der Waals surface area contributed by atoms with E-state index in [1.165, 1.54) is 13.0 Å². The molecule has 2 unspecified atom stereocenters. The molecule has 0 aliphatic carbocycles. The second kappa shape index (κ2) is 9.26. The second-order valence-electron chi connectivity index (χ2n) is 7.01. The third-order valence-electron chi connectivity index (χ3n) is 4.95. The molecule has 0 saturated carbocycles. The summed E-state index contributed by atoms with van der Waals surface area (Å²) in [7, 11) is 0. The Balaban J connectivity index is 0.000000203. The first-order chi connectivity index (χ1) is 13.2. The van der Waals surface area contributed by atoms with Gasteiger partial charge in [-0.3, -0.25) is 9.59 Å². The molecule has 150 valence electrons. The maximum Gasteiger partial charge on any atom is 0.142 e. The van der Waals surface area contributed by atoms with Crippen LogP contribution in [0.2, 0.25) is 0 Å². The fourth-order valence-electron chi connectivity index (χ4n) is 2.72. The molecule has 0 spiro atoms. The fourth-order valence-corrected chi connectivity index (χ4v) is 2.72. The zero-order valence-electron chi connectivity index (χ0n) is 16.8. The number of benzene rings is 2. The minimum absolute atomic E-state index is 0.0330. The lowest BCUT2D eigenvalue weighted by Crippen LogP contribution is -2.18. The quantitative estimate of drug-likeness (QED) is 0.547. The Morgan fingerprint density at radius 1 is 1.04 bits per heavy atom. The number of anilines is 2. The Kier molecular flexibility index (Phi) is 7.04. The predicted octanol–water partition coefficient (Wildman–Crippen LogP) is 3.85. The van der Waals surface area contributed by atoms with Crippen molar-refractivity contribution >= 4 is 22.9 Å². The van der Waals surface area contributed by atoms with Gasteiger partial charge in [0.15, 0.2) is 0 Å². The lowest BCUT2D eigenvalue weighted by molar-refractivity contribution is -0.118. The van der Waals surface area contributed by atoms with Crippen molar-refractivity contribution < 1.29 is 19.4 Å². The molecular weight excluding hydrogens is 356 g/mol. The first kappa shape index (κ1) is 21.3. The van der Waals surface area contributed by atoms with Crippen LogP contribution < -0.4 is 15.8 Å². The Labute approximate surface area is 165 Å². The van der Waals surface area contributed by atoms with Crippen LogP contribution >= 0.6 is 0 Å². The third-order valence-corrected chi connectivity index (χ3v) is 4.95. The van der Waals surface area contributed by atoms with Crippen LogP contribution in [0.15, 0.2) is 36.4 Å². The monoisotopic (exact) mass is 384 g/mol. The number of nitrogen functional groups attached to an aromatic ring is 1. The molecule has 0 saturated heterocycles. The number of phenols is 1. The van der Waals surface area contributed by atoms with Gasteiger partial charge in [-0.05, 0) is 49.2 Å². The van der Waals surface area contributed by atoms with Gasteiger partial charge < -0.3 is 20.9 Å². The largest absolute Gasteiger partial charge is 0.506 e. The van der Waals surface area contributed by atoms with Crippen LogP contribution in [0.3, 0.4) is 0 Å². The number of carbonyl (C=O) groups is 2. The van der Waals surface area contributed by atoms with Gasteiger partial charge in [-0.15, -0.1) is 0 Å². The highest BCUT2D eigenvalue weighted by atomic mass is 16.5. The summed E-state index contributed by atoms with van der Waals surface area (Å²) in [5, 5.41) is 12.5. The number of Topliss-reactive ketones (excluding diaryl/α,β-unsaturated/α-hetero) is 2. The van der Waals surface area contributed by atoms with Crippen molar-refractivity contribution in [2.45, 2.75) is 39.5 Å². The molecule has 0 bridgehead atoms. The number of ketones is 2. The van der Waals surface area contributed by atoms with E-state index in [4.69, 9.17) is 10.5 Å². The highest BCUT2D eigenvalue weighted by molar-refractivity contribution is 5.83. The minimum Gasteiger partial charge on any atom is -0.506 e. The number of carbonyl (C=O) groups excluding carboxylic acids is 2. The molecule has 2 atom stereocenters. The Morgan fingerprint density at radius 2 is 1.61 bits per heavy atom. The molecule has 1 aliphatic rings. The van der Waals surface area contributed by atoms with Gasteiger partial charge in [0.2, 0.25) is 0 Å². The fraction of sp³-hybridized carbons (Fsp3) is 0.364. The summed E-state index contributed by atoms with van der Waals surface area (Å²) in [6.45, 7) is 8.38. The van der Waals surface area contributed by atoms with E-state index in [1.54, 1.807) is 26.0 Å². The van der Waals surface area contributed by atoms with E-state index in [0.29, 0.717) is 12.3 Å². The minimum atomic E-state index is -0.188. The molecule has 0 amide bonds. The van der Waals surface area contributed by atoms with Crippen LogP contribution in [0.1, 0.15) is 50.7 Å². The standard InChI is InChI=1S/C12H15NO2.C10H13NO2/c1-8(9(2)14)10-3-4-11-12(7-10)15-6-5-13-11;1-6(7(2)12)8-3-4-9(11)10(13)5-8/h3-4,7-8,13H,5-6H2,1-2H3;3-6,13H,11H2,1-2H3. The van der Waals surface area contributed by atoms with Crippen molar-refractivity contribution in [2.24, 2.45) is 0 Å². The average molecular weight is 384 g/mol. The SMILES string of the molecule is CC(=O)C(C)c1ccc(N)c(O)c1.CC(=O)C(C)c1ccc2c(c1)OCCN2. The van der Waals surface area contributed by atoms with Gasteiger partial charge in [0.25, 0.3) is 0 Å². The van der Waals surface area contributed by atoms with Crippen molar-refractivity contribution in [2.75, 3.05) is 24.2 Å². The molecular formula is C22H28N2O4. The van der Waals surface area contributed by atoms with Gasteiger partial charge in [-0.1, -0.05) is 26.0 Å². The zero-order chi connectivity index (χ0) is 20.8. The van der Waals surface area contributed by atoms with E-state index in [9.17, 15) is 14.7 Å². The van der Waals surface area contributed by atoms with Crippen molar-refractivity contribution in [1.29, 1.82) is 0 Å². The summed E-state index contributed by atoms with van der Waals surface area (Å²) in [5.41, 5.74) is 8.59. The van der Waals surface area contributed by atoms with Crippen molar-refractivity contribution in [3.05, 3.63) is 47.5 Å². The van der Waals surface area contributed by atoms with Crippen molar-refractivity contribution in [3.63, 3.8) is 0 Å². The molecule has 4 N–H and O–H groups in total. The molecule has 0 fully saturated rings. The van der Waals surface area contributed by atoms with Crippen molar-refractivity contribution in [3.8, 4) is 11.5 Å². The average Bonchev–Trinajstić information content (AvgIpc) is 2.68. The molecule has 28 heavy (non-hydrogen) atoms. The Bertz CT molecular complexity index is 864. The lowest BCUT2D eigenvalue weighted by Gasteiger charge is -2.20. The van der Waals surface area contributed by atoms with Gasteiger partial charge in [-0.25, -0.2) is 0 Å². The van der Waals surface area contributed by atoms with E-state index >= 15 is 0 Å². The number of fused-ring (bicyclic) bond motifs is 1. The predicted molar refractivity (Wildman–Crippen MR) is 111 cm³/mol. The highest BCUT2D eigenvalue weighted by Crippen LogP contribution is 2.31. The summed E-state index contributed by atoms with van der Waals surface area (Å²) >= 11 is 0. The normalized spacial score (nSPS) is 14.3. The molecule has 2 aromatic carbocycles. The molecule has 0 radical (unpaired) electrons. The van der Waals surface area contributed by atoms with E-state index in [2.05, 4.69) is 5.32 Å². The molecule has 6 heteroatoms. The smallest absolute Gasteiger partial charge is 0.142 e. The first-order valence-electron chi connectivity index (χ1n) is 9.30. The van der Waals surface area contributed by atoms with Gasteiger partial charge in [0.1, 0.15) is 29.7 Å². The summed E-state index contributed by atoms with van der Waals surface area (Å²) in [5.74, 6) is 0.896. The zero-order valence-corrected chi connectivity index (χ0v) is 16.8. The summed E-state index contributed by atoms with van der Waals surface area (Å²) in [6, 6.07) is 10.8. The Morgan fingerprint density at radius 3 is 2.18 bits per heavy atom. The third kappa shape index (κ3) is 5.25. The van der Waals surface area contributed by atoms with E-state index < -0.39 is 0 Å². The van der Waals surface area contributed by atoms with Crippen LogP contribution in [0, 0.1) is 0 Å². The van der Waals surface area contributed by atoms with Crippen LogP contribution in [0.25, 0.3) is 0 Å². The number of hydrogen-bond donors (Lipinski definition) is 3. The van der Waals surface area contributed by atoms with Crippen LogP contribution in [-0.4, -0.2) is 29.8 Å². The molecule has 1 aliphatic heterocycles. The summed E-state index contributed by atoms with van der Waals surface area (Å²) in [4.78, 5) is 22.3. The number of nitrogens with one attached hydrogen (secondary N) is 1.